The largest absolute Gasteiger partial charge is 0.354 e. The summed E-state index contributed by atoms with van der Waals surface area (Å²) in [6.45, 7) is 2.60. The highest BCUT2D eigenvalue weighted by Crippen LogP contribution is 2.28. The quantitative estimate of drug-likeness (QED) is 0.294. The SMILES string of the molecule is CCCNC(=O)[C@@H](Cc1ccccc1)N(Cc1ccc(Cl)cc1Cl)C(=O)Cc1c(Cl)cccc1Cl. The second-order valence-electron chi connectivity index (χ2n) is 8.13. The molecule has 1 N–H and O–H groups in total. The van der Waals surface area contributed by atoms with Crippen molar-refractivity contribution in [2.24, 2.45) is 0 Å². The van der Waals surface area contributed by atoms with Crippen LogP contribution in [0.4, 0.5) is 0 Å². The van der Waals surface area contributed by atoms with Crippen molar-refractivity contribution < 1.29 is 9.59 Å². The minimum Gasteiger partial charge on any atom is -0.354 e. The molecule has 0 fully saturated rings. The van der Waals surface area contributed by atoms with Crippen molar-refractivity contribution in [3.8, 4) is 0 Å². The Hall–Kier alpha value is -2.24. The second kappa shape index (κ2) is 13.2. The van der Waals surface area contributed by atoms with Crippen LogP contribution in [-0.2, 0) is 29.0 Å². The third-order valence-corrected chi connectivity index (χ3v) is 6.86. The lowest BCUT2D eigenvalue weighted by Gasteiger charge is -2.32. The Kier molecular flexibility index (Phi) is 10.3. The monoisotopic (exact) mass is 550 g/mol. The van der Waals surface area contributed by atoms with Crippen molar-refractivity contribution in [3.63, 3.8) is 0 Å². The molecule has 3 rings (SSSR count). The minimum atomic E-state index is -0.774. The van der Waals surface area contributed by atoms with E-state index in [1.165, 1.54) is 0 Å². The molecule has 0 heterocycles. The number of benzene rings is 3. The van der Waals surface area contributed by atoms with E-state index in [0.29, 0.717) is 44.2 Å². The van der Waals surface area contributed by atoms with Gasteiger partial charge in [0.05, 0.1) is 6.42 Å². The summed E-state index contributed by atoms with van der Waals surface area (Å²) in [6, 6.07) is 19.0. The molecule has 0 radical (unpaired) electrons. The van der Waals surface area contributed by atoms with Crippen LogP contribution in [0.5, 0.6) is 0 Å². The Morgan fingerprint density at radius 2 is 1.57 bits per heavy atom. The van der Waals surface area contributed by atoms with Gasteiger partial charge in [0.15, 0.2) is 0 Å². The number of amides is 2. The van der Waals surface area contributed by atoms with Gasteiger partial charge < -0.3 is 10.2 Å². The molecule has 184 valence electrons. The van der Waals surface area contributed by atoms with Gasteiger partial charge in [-0.1, -0.05) is 95.8 Å². The predicted octanol–water partition coefficient (Wildman–Crippen LogP) is 7.01. The van der Waals surface area contributed by atoms with Crippen molar-refractivity contribution in [1.29, 1.82) is 0 Å². The maximum absolute atomic E-state index is 13.8. The van der Waals surface area contributed by atoms with Crippen molar-refractivity contribution in [2.45, 2.75) is 38.8 Å². The number of carbonyl (C=O) groups is 2. The third-order valence-electron chi connectivity index (χ3n) is 5.57. The summed E-state index contributed by atoms with van der Waals surface area (Å²) in [5, 5.41) is 4.64. The predicted molar refractivity (Wildman–Crippen MR) is 144 cm³/mol. The van der Waals surface area contributed by atoms with Crippen molar-refractivity contribution in [3.05, 3.63) is 104 Å². The van der Waals surface area contributed by atoms with E-state index >= 15 is 0 Å². The van der Waals surface area contributed by atoms with E-state index in [1.54, 1.807) is 41.3 Å². The van der Waals surface area contributed by atoms with Gasteiger partial charge in [-0.2, -0.15) is 0 Å². The molecule has 0 saturated heterocycles. The van der Waals surface area contributed by atoms with Crippen LogP contribution in [0.25, 0.3) is 0 Å². The average Bonchev–Trinajstić information content (AvgIpc) is 2.84. The fourth-order valence-corrected chi connectivity index (χ4v) is 4.71. The highest BCUT2D eigenvalue weighted by Gasteiger charge is 2.31. The number of halogens is 4. The van der Waals surface area contributed by atoms with E-state index in [9.17, 15) is 9.59 Å². The molecule has 1 atom stereocenters. The molecule has 0 unspecified atom stereocenters. The molecule has 0 aromatic heterocycles. The van der Waals surface area contributed by atoms with Gasteiger partial charge in [0, 0.05) is 39.6 Å². The fourth-order valence-electron chi connectivity index (χ4n) is 3.71. The normalized spacial score (nSPS) is 11.7. The minimum absolute atomic E-state index is 0.0595. The van der Waals surface area contributed by atoms with E-state index < -0.39 is 6.04 Å². The summed E-state index contributed by atoms with van der Waals surface area (Å²) in [7, 11) is 0. The highest BCUT2D eigenvalue weighted by molar-refractivity contribution is 6.36. The zero-order valence-electron chi connectivity index (χ0n) is 19.2. The molecule has 0 aliphatic heterocycles. The maximum Gasteiger partial charge on any atom is 0.243 e. The molecule has 2 amide bonds. The van der Waals surface area contributed by atoms with Crippen LogP contribution in [0.2, 0.25) is 20.1 Å². The summed E-state index contributed by atoms with van der Waals surface area (Å²) in [5.41, 5.74) is 2.12. The summed E-state index contributed by atoms with van der Waals surface area (Å²) < 4.78 is 0. The van der Waals surface area contributed by atoms with Gasteiger partial charge in [0.25, 0.3) is 0 Å². The molecule has 8 heteroatoms. The van der Waals surface area contributed by atoms with Crippen LogP contribution >= 0.6 is 46.4 Å². The Morgan fingerprint density at radius 3 is 2.20 bits per heavy atom. The van der Waals surface area contributed by atoms with Gasteiger partial charge in [-0.25, -0.2) is 0 Å². The summed E-state index contributed by atoms with van der Waals surface area (Å²) >= 11 is 25.2. The molecule has 35 heavy (non-hydrogen) atoms. The third kappa shape index (κ3) is 7.62. The lowest BCUT2D eigenvalue weighted by molar-refractivity contribution is -0.140. The first-order valence-electron chi connectivity index (χ1n) is 11.3. The molecule has 0 saturated carbocycles. The highest BCUT2D eigenvalue weighted by atomic mass is 35.5. The first-order chi connectivity index (χ1) is 16.8. The lowest BCUT2D eigenvalue weighted by Crippen LogP contribution is -2.51. The van der Waals surface area contributed by atoms with Gasteiger partial charge in [-0.15, -0.1) is 0 Å². The smallest absolute Gasteiger partial charge is 0.243 e. The van der Waals surface area contributed by atoms with E-state index in [0.717, 1.165) is 12.0 Å². The van der Waals surface area contributed by atoms with Gasteiger partial charge in [-0.05, 0) is 47.4 Å². The maximum atomic E-state index is 13.8. The number of nitrogens with zero attached hydrogens (tertiary/aromatic N) is 1. The van der Waals surface area contributed by atoms with Gasteiger partial charge in [-0.3, -0.25) is 9.59 Å². The Balaban J connectivity index is 2.02. The Morgan fingerprint density at radius 1 is 0.886 bits per heavy atom. The number of hydrogen-bond acceptors (Lipinski definition) is 2. The number of hydrogen-bond donors (Lipinski definition) is 1. The molecule has 4 nitrogen and oxygen atoms in total. The molecule has 0 bridgehead atoms. The molecule has 0 aliphatic carbocycles. The van der Waals surface area contributed by atoms with Crippen LogP contribution in [-0.4, -0.2) is 29.3 Å². The van der Waals surface area contributed by atoms with E-state index in [4.69, 9.17) is 46.4 Å². The van der Waals surface area contributed by atoms with Crippen LogP contribution in [0.15, 0.2) is 66.7 Å². The van der Waals surface area contributed by atoms with Gasteiger partial charge >= 0.3 is 0 Å². The summed E-state index contributed by atoms with van der Waals surface area (Å²) in [4.78, 5) is 28.7. The lowest BCUT2D eigenvalue weighted by atomic mass is 10.0. The molecular formula is C27H26Cl4N2O2. The van der Waals surface area contributed by atoms with Crippen LogP contribution in [0.3, 0.4) is 0 Å². The van der Waals surface area contributed by atoms with E-state index in [1.807, 2.05) is 37.3 Å². The molecule has 3 aromatic carbocycles. The van der Waals surface area contributed by atoms with E-state index in [-0.39, 0.29) is 24.8 Å². The Bertz CT molecular complexity index is 1150. The number of rotatable bonds is 10. The summed E-state index contributed by atoms with van der Waals surface area (Å²) in [5.74, 6) is -0.530. The van der Waals surface area contributed by atoms with Crippen molar-refractivity contribution in [2.75, 3.05) is 6.54 Å². The first kappa shape index (κ1) is 27.3. The standard InChI is InChI=1S/C27H26Cl4N2O2/c1-2-13-32-27(35)25(14-18-7-4-3-5-8-18)33(17-19-11-12-20(28)15-24(19)31)26(34)16-21-22(29)9-6-10-23(21)30/h3-12,15,25H,2,13-14,16-17H2,1H3,(H,32,35)/t25-/m1/s1. The topological polar surface area (TPSA) is 49.4 Å². The van der Waals surface area contributed by atoms with Crippen LogP contribution in [0.1, 0.15) is 30.0 Å². The Labute approximate surface area is 226 Å². The van der Waals surface area contributed by atoms with Crippen LogP contribution < -0.4 is 5.32 Å². The second-order valence-corrected chi connectivity index (χ2v) is 9.79. The number of nitrogens with one attached hydrogen (secondary N) is 1. The van der Waals surface area contributed by atoms with Crippen molar-refractivity contribution in [1.82, 2.24) is 10.2 Å². The molecule has 0 aliphatic rings. The molecule has 0 spiro atoms. The molecule has 3 aromatic rings. The van der Waals surface area contributed by atoms with Gasteiger partial charge in [0.1, 0.15) is 6.04 Å². The summed E-state index contributed by atoms with van der Waals surface area (Å²) in [6.07, 6.45) is 1.05. The zero-order valence-corrected chi connectivity index (χ0v) is 22.3. The van der Waals surface area contributed by atoms with E-state index in [2.05, 4.69) is 5.32 Å². The molecular weight excluding hydrogens is 526 g/mol. The first-order valence-corrected chi connectivity index (χ1v) is 12.8. The fraction of sp³-hybridized carbons (Fsp3) is 0.259. The van der Waals surface area contributed by atoms with Crippen molar-refractivity contribution >= 4 is 58.2 Å². The number of carbonyl (C=O) groups excluding carboxylic acids is 2. The average molecular weight is 552 g/mol. The zero-order chi connectivity index (χ0) is 25.4. The van der Waals surface area contributed by atoms with Gasteiger partial charge in [0.2, 0.25) is 11.8 Å². The van der Waals surface area contributed by atoms with Crippen LogP contribution in [0, 0.1) is 0 Å².